The van der Waals surface area contributed by atoms with Crippen LogP contribution in [0.15, 0.2) is 48.5 Å². The monoisotopic (exact) mass is 254 g/mol. The molecule has 0 spiro atoms. The predicted octanol–water partition coefficient (Wildman–Crippen LogP) is 4.10. The SMILES string of the molecule is CC(C)c1ccc(Cc2cccc(C(=O)O)c2)cc1. The van der Waals surface area contributed by atoms with Gasteiger partial charge in [0.1, 0.15) is 0 Å². The first-order valence-electron chi connectivity index (χ1n) is 6.47. The second-order valence-corrected chi connectivity index (χ2v) is 5.08. The van der Waals surface area contributed by atoms with Gasteiger partial charge >= 0.3 is 5.97 Å². The average molecular weight is 254 g/mol. The highest BCUT2D eigenvalue weighted by Gasteiger charge is 2.04. The lowest BCUT2D eigenvalue weighted by Gasteiger charge is -2.07. The summed E-state index contributed by atoms with van der Waals surface area (Å²) in [6.45, 7) is 4.34. The Morgan fingerprint density at radius 3 is 2.32 bits per heavy atom. The van der Waals surface area contributed by atoms with E-state index in [9.17, 15) is 4.79 Å². The average Bonchev–Trinajstić information content (AvgIpc) is 2.39. The lowest BCUT2D eigenvalue weighted by atomic mass is 9.98. The molecule has 0 unspecified atom stereocenters. The molecule has 0 heterocycles. The summed E-state index contributed by atoms with van der Waals surface area (Å²) >= 11 is 0. The fourth-order valence-electron chi connectivity index (χ4n) is 2.07. The Labute approximate surface area is 113 Å². The normalized spacial score (nSPS) is 10.7. The summed E-state index contributed by atoms with van der Waals surface area (Å²) in [7, 11) is 0. The fraction of sp³-hybridized carbons (Fsp3) is 0.235. The van der Waals surface area contributed by atoms with Gasteiger partial charge in [0.25, 0.3) is 0 Å². The van der Waals surface area contributed by atoms with Crippen molar-refractivity contribution in [3.63, 3.8) is 0 Å². The van der Waals surface area contributed by atoms with Gasteiger partial charge in [0, 0.05) is 0 Å². The Kier molecular flexibility index (Phi) is 4.00. The van der Waals surface area contributed by atoms with Crippen LogP contribution in [0.4, 0.5) is 0 Å². The minimum absolute atomic E-state index is 0.344. The standard InChI is InChI=1S/C17H18O2/c1-12(2)15-8-6-13(7-9-15)10-14-4-3-5-16(11-14)17(18)19/h3-9,11-12H,10H2,1-2H3,(H,18,19). The van der Waals surface area contributed by atoms with Gasteiger partial charge in [0.05, 0.1) is 5.56 Å². The van der Waals surface area contributed by atoms with Gasteiger partial charge in [-0.1, -0.05) is 50.2 Å². The van der Waals surface area contributed by atoms with E-state index in [2.05, 4.69) is 38.1 Å². The molecule has 0 saturated heterocycles. The number of rotatable bonds is 4. The Morgan fingerprint density at radius 2 is 1.74 bits per heavy atom. The highest BCUT2D eigenvalue weighted by molar-refractivity contribution is 5.87. The van der Waals surface area contributed by atoms with Crippen molar-refractivity contribution in [2.24, 2.45) is 0 Å². The minimum Gasteiger partial charge on any atom is -0.478 e. The molecule has 19 heavy (non-hydrogen) atoms. The molecule has 1 N–H and O–H groups in total. The van der Waals surface area contributed by atoms with Crippen molar-refractivity contribution in [1.82, 2.24) is 0 Å². The van der Waals surface area contributed by atoms with E-state index in [0.29, 0.717) is 11.5 Å². The first kappa shape index (κ1) is 13.3. The smallest absolute Gasteiger partial charge is 0.335 e. The number of benzene rings is 2. The van der Waals surface area contributed by atoms with E-state index in [-0.39, 0.29) is 0 Å². The van der Waals surface area contributed by atoms with E-state index >= 15 is 0 Å². The van der Waals surface area contributed by atoms with E-state index in [0.717, 1.165) is 12.0 Å². The van der Waals surface area contributed by atoms with Gasteiger partial charge in [-0.2, -0.15) is 0 Å². The number of carboxylic acids is 1. The number of hydrogen-bond donors (Lipinski definition) is 1. The van der Waals surface area contributed by atoms with Crippen LogP contribution in [0.25, 0.3) is 0 Å². The largest absolute Gasteiger partial charge is 0.478 e. The topological polar surface area (TPSA) is 37.3 Å². The van der Waals surface area contributed by atoms with Crippen LogP contribution in [-0.4, -0.2) is 11.1 Å². The molecule has 2 heteroatoms. The van der Waals surface area contributed by atoms with Crippen molar-refractivity contribution < 1.29 is 9.90 Å². The molecule has 0 atom stereocenters. The van der Waals surface area contributed by atoms with Crippen molar-refractivity contribution in [2.45, 2.75) is 26.2 Å². The fourth-order valence-corrected chi connectivity index (χ4v) is 2.07. The molecule has 2 aromatic carbocycles. The second kappa shape index (κ2) is 5.70. The summed E-state index contributed by atoms with van der Waals surface area (Å²) < 4.78 is 0. The van der Waals surface area contributed by atoms with Crippen molar-refractivity contribution >= 4 is 5.97 Å². The minimum atomic E-state index is -0.878. The van der Waals surface area contributed by atoms with Gasteiger partial charge in [-0.15, -0.1) is 0 Å². The van der Waals surface area contributed by atoms with Crippen molar-refractivity contribution in [3.05, 3.63) is 70.8 Å². The van der Waals surface area contributed by atoms with Gasteiger partial charge < -0.3 is 5.11 Å². The third-order valence-corrected chi connectivity index (χ3v) is 3.23. The quantitative estimate of drug-likeness (QED) is 0.891. The highest BCUT2D eigenvalue weighted by Crippen LogP contribution is 2.17. The summed E-state index contributed by atoms with van der Waals surface area (Å²) in [6.07, 6.45) is 0.763. The van der Waals surface area contributed by atoms with E-state index in [1.54, 1.807) is 18.2 Å². The summed E-state index contributed by atoms with van der Waals surface area (Å²) in [6, 6.07) is 15.6. The molecule has 98 valence electrons. The number of carboxylic acid groups (broad SMARTS) is 1. The maximum absolute atomic E-state index is 10.9. The Balaban J connectivity index is 2.16. The third-order valence-electron chi connectivity index (χ3n) is 3.23. The van der Waals surface area contributed by atoms with Gasteiger partial charge in [-0.05, 0) is 41.2 Å². The van der Waals surface area contributed by atoms with E-state index in [1.807, 2.05) is 6.07 Å². The van der Waals surface area contributed by atoms with Crippen molar-refractivity contribution in [3.8, 4) is 0 Å². The van der Waals surface area contributed by atoms with Crippen LogP contribution in [0.3, 0.4) is 0 Å². The molecule has 2 aromatic rings. The van der Waals surface area contributed by atoms with Gasteiger partial charge in [-0.3, -0.25) is 0 Å². The van der Waals surface area contributed by atoms with Crippen LogP contribution < -0.4 is 0 Å². The number of hydrogen-bond acceptors (Lipinski definition) is 1. The lowest BCUT2D eigenvalue weighted by molar-refractivity contribution is 0.0697. The molecule has 0 radical (unpaired) electrons. The number of aromatic carboxylic acids is 1. The third kappa shape index (κ3) is 3.44. The molecular formula is C17H18O2. The Morgan fingerprint density at radius 1 is 1.05 bits per heavy atom. The molecule has 0 bridgehead atoms. The molecule has 0 fully saturated rings. The zero-order valence-electron chi connectivity index (χ0n) is 11.3. The van der Waals surface area contributed by atoms with Crippen LogP contribution in [0, 0.1) is 0 Å². The van der Waals surface area contributed by atoms with E-state index < -0.39 is 5.97 Å². The molecule has 0 aliphatic carbocycles. The molecule has 0 aliphatic heterocycles. The summed E-state index contributed by atoms with van der Waals surface area (Å²) in [5, 5.41) is 8.97. The molecule has 0 aliphatic rings. The van der Waals surface area contributed by atoms with Gasteiger partial charge in [-0.25, -0.2) is 4.79 Å². The summed E-state index contributed by atoms with van der Waals surface area (Å²) in [5.41, 5.74) is 3.89. The Bertz CT molecular complexity index is 568. The van der Waals surface area contributed by atoms with Gasteiger partial charge in [0.2, 0.25) is 0 Å². The molecule has 2 rings (SSSR count). The van der Waals surface area contributed by atoms with E-state index in [1.165, 1.54) is 11.1 Å². The van der Waals surface area contributed by atoms with Crippen LogP contribution in [0.2, 0.25) is 0 Å². The molecule has 0 aromatic heterocycles. The molecule has 2 nitrogen and oxygen atoms in total. The lowest BCUT2D eigenvalue weighted by Crippen LogP contribution is -1.98. The zero-order valence-corrected chi connectivity index (χ0v) is 11.3. The highest BCUT2D eigenvalue weighted by atomic mass is 16.4. The van der Waals surface area contributed by atoms with Crippen LogP contribution >= 0.6 is 0 Å². The van der Waals surface area contributed by atoms with Gasteiger partial charge in [0.15, 0.2) is 0 Å². The Hall–Kier alpha value is -2.09. The maximum Gasteiger partial charge on any atom is 0.335 e. The molecule has 0 saturated carbocycles. The van der Waals surface area contributed by atoms with Crippen LogP contribution in [-0.2, 0) is 6.42 Å². The zero-order chi connectivity index (χ0) is 13.8. The van der Waals surface area contributed by atoms with Crippen molar-refractivity contribution in [2.75, 3.05) is 0 Å². The predicted molar refractivity (Wildman–Crippen MR) is 76.7 cm³/mol. The molecular weight excluding hydrogens is 236 g/mol. The van der Waals surface area contributed by atoms with Crippen LogP contribution in [0.5, 0.6) is 0 Å². The number of carbonyl (C=O) groups is 1. The first-order chi connectivity index (χ1) is 9.06. The van der Waals surface area contributed by atoms with Crippen molar-refractivity contribution in [1.29, 1.82) is 0 Å². The van der Waals surface area contributed by atoms with Crippen LogP contribution in [0.1, 0.15) is 46.8 Å². The van der Waals surface area contributed by atoms with E-state index in [4.69, 9.17) is 5.11 Å². The first-order valence-corrected chi connectivity index (χ1v) is 6.47. The molecule has 0 amide bonds. The summed E-state index contributed by atoms with van der Waals surface area (Å²) in [5.74, 6) is -0.346. The maximum atomic E-state index is 10.9. The summed E-state index contributed by atoms with van der Waals surface area (Å²) in [4.78, 5) is 10.9. The second-order valence-electron chi connectivity index (χ2n) is 5.08.